The second kappa shape index (κ2) is 6.12. The lowest BCUT2D eigenvalue weighted by Crippen LogP contribution is -2.44. The van der Waals surface area contributed by atoms with E-state index < -0.39 is 0 Å². The number of nitrogens with zero attached hydrogens (tertiary/aromatic N) is 1. The molecule has 0 radical (unpaired) electrons. The molecule has 1 aliphatic carbocycles. The summed E-state index contributed by atoms with van der Waals surface area (Å²) in [6.45, 7) is 8.22. The van der Waals surface area contributed by atoms with Gasteiger partial charge in [-0.05, 0) is 47.1 Å². The number of carbonyl (C=O) groups excluding carboxylic acids is 1. The summed E-state index contributed by atoms with van der Waals surface area (Å²) in [5.74, 6) is 0.163. The molecule has 1 saturated heterocycles. The molecule has 2 aliphatic rings. The average molecular weight is 345 g/mol. The fourth-order valence-corrected chi connectivity index (χ4v) is 4.28. The van der Waals surface area contributed by atoms with E-state index in [1.165, 1.54) is 16.7 Å². The summed E-state index contributed by atoms with van der Waals surface area (Å²) >= 11 is 0. The first-order valence-electron chi connectivity index (χ1n) is 9.58. The summed E-state index contributed by atoms with van der Waals surface area (Å²) in [7, 11) is 0. The summed E-state index contributed by atoms with van der Waals surface area (Å²) in [5.41, 5.74) is 5.08. The van der Waals surface area contributed by atoms with Crippen molar-refractivity contribution < 1.29 is 4.79 Å². The van der Waals surface area contributed by atoms with Crippen molar-refractivity contribution in [2.75, 3.05) is 13.1 Å². The van der Waals surface area contributed by atoms with E-state index in [-0.39, 0.29) is 16.7 Å². The second-order valence-corrected chi connectivity index (χ2v) is 8.70. The Kier molecular flexibility index (Phi) is 4.02. The van der Waals surface area contributed by atoms with Crippen LogP contribution >= 0.6 is 0 Å². The maximum absolute atomic E-state index is 12.9. The van der Waals surface area contributed by atoms with Crippen LogP contribution in [0.5, 0.6) is 0 Å². The molecule has 0 atom stereocenters. The fraction of sp³-hybridized carbons (Fsp3) is 0.375. The van der Waals surface area contributed by atoms with Crippen LogP contribution in [0.4, 0.5) is 0 Å². The first-order valence-corrected chi connectivity index (χ1v) is 9.58. The largest absolute Gasteiger partial charge is 0.339 e. The van der Waals surface area contributed by atoms with Crippen LogP contribution in [0.15, 0.2) is 54.6 Å². The van der Waals surface area contributed by atoms with E-state index in [9.17, 15) is 4.79 Å². The van der Waals surface area contributed by atoms with Crippen molar-refractivity contribution >= 4 is 12.0 Å². The van der Waals surface area contributed by atoms with E-state index in [4.69, 9.17) is 0 Å². The first-order chi connectivity index (χ1) is 12.4. The van der Waals surface area contributed by atoms with Gasteiger partial charge in [0.1, 0.15) is 0 Å². The molecule has 0 aromatic heterocycles. The number of hydrogen-bond acceptors (Lipinski definition) is 1. The van der Waals surface area contributed by atoms with Gasteiger partial charge in [-0.3, -0.25) is 4.79 Å². The molecule has 134 valence electrons. The zero-order valence-corrected chi connectivity index (χ0v) is 16.0. The SMILES string of the molecule is CC(C)(C)c1ccc(C(=O)N2CCC3(C=Cc4ccccc43)CC2)cc1. The van der Waals surface area contributed by atoms with E-state index in [1.807, 2.05) is 17.0 Å². The van der Waals surface area contributed by atoms with E-state index in [0.29, 0.717) is 0 Å². The summed E-state index contributed by atoms with van der Waals surface area (Å²) in [6, 6.07) is 16.8. The van der Waals surface area contributed by atoms with Gasteiger partial charge in [0.2, 0.25) is 0 Å². The minimum atomic E-state index is 0.112. The van der Waals surface area contributed by atoms with E-state index in [0.717, 1.165) is 31.5 Å². The minimum Gasteiger partial charge on any atom is -0.339 e. The molecule has 2 aromatic carbocycles. The molecule has 2 nitrogen and oxygen atoms in total. The number of likely N-dealkylation sites (tertiary alicyclic amines) is 1. The Balaban J connectivity index is 1.47. The molecule has 1 spiro atoms. The van der Waals surface area contributed by atoms with Crippen molar-refractivity contribution in [3.63, 3.8) is 0 Å². The highest BCUT2D eigenvalue weighted by molar-refractivity contribution is 5.94. The van der Waals surface area contributed by atoms with Crippen LogP contribution in [0.3, 0.4) is 0 Å². The van der Waals surface area contributed by atoms with Crippen LogP contribution in [0.25, 0.3) is 6.08 Å². The maximum atomic E-state index is 12.9. The molecule has 0 N–H and O–H groups in total. The molecule has 4 rings (SSSR count). The standard InChI is InChI=1S/C24H27NO/c1-23(2,3)20-10-8-19(9-11-20)22(26)25-16-14-24(15-17-25)13-12-18-6-4-5-7-21(18)24/h4-13H,14-17H2,1-3H3. The van der Waals surface area contributed by atoms with Gasteiger partial charge in [-0.2, -0.15) is 0 Å². The molecule has 2 aromatic rings. The zero-order chi connectivity index (χ0) is 18.4. The Hall–Kier alpha value is -2.35. The maximum Gasteiger partial charge on any atom is 0.253 e. The molecular weight excluding hydrogens is 318 g/mol. The average Bonchev–Trinajstić information content (AvgIpc) is 3.00. The molecule has 26 heavy (non-hydrogen) atoms. The highest BCUT2D eigenvalue weighted by atomic mass is 16.2. The molecule has 0 unspecified atom stereocenters. The molecule has 1 fully saturated rings. The van der Waals surface area contributed by atoms with Crippen LogP contribution in [-0.2, 0) is 10.8 Å². The van der Waals surface area contributed by atoms with Gasteiger partial charge in [-0.15, -0.1) is 0 Å². The van der Waals surface area contributed by atoms with Crippen LogP contribution in [0.1, 0.15) is 60.7 Å². The van der Waals surface area contributed by atoms with Gasteiger partial charge in [-0.25, -0.2) is 0 Å². The normalized spacial score (nSPS) is 18.2. The third kappa shape index (κ3) is 2.88. The quantitative estimate of drug-likeness (QED) is 0.697. The molecule has 1 aliphatic heterocycles. The predicted molar refractivity (Wildman–Crippen MR) is 107 cm³/mol. The van der Waals surface area contributed by atoms with E-state index in [1.54, 1.807) is 0 Å². The van der Waals surface area contributed by atoms with Crippen molar-refractivity contribution in [1.29, 1.82) is 0 Å². The highest BCUT2D eigenvalue weighted by Crippen LogP contribution is 2.43. The molecule has 0 saturated carbocycles. The van der Waals surface area contributed by atoms with Crippen molar-refractivity contribution in [1.82, 2.24) is 4.90 Å². The van der Waals surface area contributed by atoms with Crippen LogP contribution in [0, 0.1) is 0 Å². The number of piperidine rings is 1. The molecule has 2 heteroatoms. The summed E-state index contributed by atoms with van der Waals surface area (Å²) in [4.78, 5) is 14.9. The number of rotatable bonds is 1. The number of hydrogen-bond donors (Lipinski definition) is 0. The van der Waals surface area contributed by atoms with Crippen molar-refractivity contribution in [3.05, 3.63) is 76.9 Å². The Morgan fingerprint density at radius 1 is 0.962 bits per heavy atom. The summed E-state index contributed by atoms with van der Waals surface area (Å²) < 4.78 is 0. The van der Waals surface area contributed by atoms with E-state index >= 15 is 0 Å². The second-order valence-electron chi connectivity index (χ2n) is 8.70. The zero-order valence-electron chi connectivity index (χ0n) is 16.0. The Bertz CT molecular complexity index is 847. The van der Waals surface area contributed by atoms with Gasteiger partial charge in [0, 0.05) is 24.1 Å². The third-order valence-corrected chi connectivity index (χ3v) is 6.02. The number of amides is 1. The number of allylic oxidation sites excluding steroid dienone is 1. The monoisotopic (exact) mass is 345 g/mol. The number of fused-ring (bicyclic) bond motifs is 2. The predicted octanol–water partition coefficient (Wildman–Crippen LogP) is 5.18. The van der Waals surface area contributed by atoms with E-state index in [2.05, 4.69) is 69.3 Å². The van der Waals surface area contributed by atoms with Gasteiger partial charge in [-0.1, -0.05) is 69.3 Å². The Morgan fingerprint density at radius 2 is 1.62 bits per heavy atom. The van der Waals surface area contributed by atoms with Crippen molar-refractivity contribution in [2.24, 2.45) is 0 Å². The van der Waals surface area contributed by atoms with Crippen LogP contribution in [0.2, 0.25) is 0 Å². The Morgan fingerprint density at radius 3 is 2.27 bits per heavy atom. The van der Waals surface area contributed by atoms with Crippen LogP contribution < -0.4 is 0 Å². The van der Waals surface area contributed by atoms with Gasteiger partial charge in [0.15, 0.2) is 0 Å². The third-order valence-electron chi connectivity index (χ3n) is 6.02. The first kappa shape index (κ1) is 17.1. The van der Waals surface area contributed by atoms with Crippen LogP contribution in [-0.4, -0.2) is 23.9 Å². The van der Waals surface area contributed by atoms with Gasteiger partial charge in [0.25, 0.3) is 5.91 Å². The van der Waals surface area contributed by atoms with Gasteiger partial charge >= 0.3 is 0 Å². The number of benzene rings is 2. The number of carbonyl (C=O) groups is 1. The lowest BCUT2D eigenvalue weighted by molar-refractivity contribution is 0.0690. The lowest BCUT2D eigenvalue weighted by Gasteiger charge is -2.39. The highest BCUT2D eigenvalue weighted by Gasteiger charge is 2.38. The minimum absolute atomic E-state index is 0.112. The smallest absolute Gasteiger partial charge is 0.253 e. The summed E-state index contributed by atoms with van der Waals surface area (Å²) in [6.07, 6.45) is 6.62. The molecule has 1 amide bonds. The summed E-state index contributed by atoms with van der Waals surface area (Å²) in [5, 5.41) is 0. The fourth-order valence-electron chi connectivity index (χ4n) is 4.28. The Labute approximate surface area is 156 Å². The molecule has 0 bridgehead atoms. The van der Waals surface area contributed by atoms with Crippen molar-refractivity contribution in [3.8, 4) is 0 Å². The van der Waals surface area contributed by atoms with Gasteiger partial charge < -0.3 is 4.90 Å². The molecular formula is C24H27NO. The topological polar surface area (TPSA) is 20.3 Å². The molecule has 1 heterocycles. The van der Waals surface area contributed by atoms with Crippen molar-refractivity contribution in [2.45, 2.75) is 44.4 Å². The lowest BCUT2D eigenvalue weighted by atomic mass is 9.74. The van der Waals surface area contributed by atoms with Gasteiger partial charge in [0.05, 0.1) is 0 Å².